The quantitative estimate of drug-likeness (QED) is 0.879. The Morgan fingerprint density at radius 3 is 2.89 bits per heavy atom. The van der Waals surface area contributed by atoms with E-state index >= 15 is 0 Å². The summed E-state index contributed by atoms with van der Waals surface area (Å²) in [5.74, 6) is 0.733. The molecule has 4 heteroatoms. The van der Waals surface area contributed by atoms with Crippen LogP contribution in [0.4, 0.5) is 0 Å². The third kappa shape index (κ3) is 2.13. The first-order valence-corrected chi connectivity index (χ1v) is 6.56. The molecule has 1 saturated heterocycles. The molecule has 0 bridgehead atoms. The Hall–Kier alpha value is -1.39. The van der Waals surface area contributed by atoms with Gasteiger partial charge in [0.05, 0.1) is 0 Å². The van der Waals surface area contributed by atoms with E-state index in [1.54, 1.807) is 0 Å². The molecular formula is C14H19N3O. The fourth-order valence-corrected chi connectivity index (χ4v) is 2.60. The topological polar surface area (TPSA) is 41.3 Å². The molecule has 1 aromatic heterocycles. The lowest BCUT2D eigenvalue weighted by Gasteiger charge is -2.33. The third-order valence-electron chi connectivity index (χ3n) is 3.70. The Balaban J connectivity index is 1.88. The van der Waals surface area contributed by atoms with E-state index in [0.29, 0.717) is 6.04 Å². The van der Waals surface area contributed by atoms with Gasteiger partial charge in [0.2, 0.25) is 0 Å². The van der Waals surface area contributed by atoms with Crippen molar-refractivity contribution in [1.82, 2.24) is 15.2 Å². The highest BCUT2D eigenvalue weighted by molar-refractivity contribution is 5.73. The molecule has 1 aromatic carbocycles. The standard InChI is InChI=1S/C14H19N3O/c1-10(17-7-5-15-6-8-17)12-3-4-13-14(9-12)18-11(2)16-13/h3-4,9-10,15H,5-8H2,1-2H3. The normalized spacial score (nSPS) is 19.2. The zero-order chi connectivity index (χ0) is 12.5. The summed E-state index contributed by atoms with van der Waals surface area (Å²) in [5, 5.41) is 3.38. The SMILES string of the molecule is Cc1nc2ccc(C(C)N3CCNCC3)cc2o1. The van der Waals surface area contributed by atoms with Gasteiger partial charge in [0.25, 0.3) is 0 Å². The van der Waals surface area contributed by atoms with E-state index in [9.17, 15) is 0 Å². The number of piperazine rings is 1. The summed E-state index contributed by atoms with van der Waals surface area (Å²) in [6, 6.07) is 6.78. The van der Waals surface area contributed by atoms with Crippen LogP contribution >= 0.6 is 0 Å². The smallest absolute Gasteiger partial charge is 0.192 e. The molecule has 2 heterocycles. The van der Waals surface area contributed by atoms with Crippen LogP contribution in [0.2, 0.25) is 0 Å². The molecular weight excluding hydrogens is 226 g/mol. The first-order chi connectivity index (χ1) is 8.74. The number of aromatic nitrogens is 1. The number of benzene rings is 1. The number of oxazole rings is 1. The van der Waals surface area contributed by atoms with Gasteiger partial charge >= 0.3 is 0 Å². The van der Waals surface area contributed by atoms with Crippen molar-refractivity contribution < 1.29 is 4.42 Å². The molecule has 3 rings (SSSR count). The molecule has 0 spiro atoms. The fourth-order valence-electron chi connectivity index (χ4n) is 2.60. The van der Waals surface area contributed by atoms with Crippen LogP contribution in [0.25, 0.3) is 11.1 Å². The third-order valence-corrected chi connectivity index (χ3v) is 3.70. The van der Waals surface area contributed by atoms with Gasteiger partial charge in [0.1, 0.15) is 5.52 Å². The second kappa shape index (κ2) is 4.71. The summed E-state index contributed by atoms with van der Waals surface area (Å²) >= 11 is 0. The molecule has 4 nitrogen and oxygen atoms in total. The second-order valence-electron chi connectivity index (χ2n) is 4.92. The van der Waals surface area contributed by atoms with Crippen LogP contribution in [-0.4, -0.2) is 36.1 Å². The van der Waals surface area contributed by atoms with Gasteiger partial charge in [0.15, 0.2) is 11.5 Å². The molecule has 1 fully saturated rings. The molecule has 1 atom stereocenters. The number of nitrogens with one attached hydrogen (secondary N) is 1. The van der Waals surface area contributed by atoms with E-state index in [0.717, 1.165) is 43.2 Å². The average Bonchev–Trinajstić information content (AvgIpc) is 2.78. The molecule has 1 unspecified atom stereocenters. The molecule has 2 aromatic rings. The molecule has 96 valence electrons. The van der Waals surface area contributed by atoms with Crippen LogP contribution < -0.4 is 5.32 Å². The highest BCUT2D eigenvalue weighted by atomic mass is 16.3. The minimum absolute atomic E-state index is 0.432. The van der Waals surface area contributed by atoms with Crippen molar-refractivity contribution in [3.63, 3.8) is 0 Å². The van der Waals surface area contributed by atoms with Crippen molar-refractivity contribution in [1.29, 1.82) is 0 Å². The molecule has 0 radical (unpaired) electrons. The van der Waals surface area contributed by atoms with Crippen molar-refractivity contribution in [3.8, 4) is 0 Å². The lowest BCUT2D eigenvalue weighted by Crippen LogP contribution is -2.44. The van der Waals surface area contributed by atoms with Crippen molar-refractivity contribution >= 4 is 11.1 Å². The number of hydrogen-bond acceptors (Lipinski definition) is 4. The van der Waals surface area contributed by atoms with Crippen LogP contribution in [0, 0.1) is 6.92 Å². The highest BCUT2D eigenvalue weighted by Crippen LogP contribution is 2.24. The van der Waals surface area contributed by atoms with E-state index in [1.807, 2.05) is 6.92 Å². The highest BCUT2D eigenvalue weighted by Gasteiger charge is 2.18. The average molecular weight is 245 g/mol. The summed E-state index contributed by atoms with van der Waals surface area (Å²) in [7, 11) is 0. The van der Waals surface area contributed by atoms with Gasteiger partial charge in [-0.1, -0.05) is 6.07 Å². The first kappa shape index (κ1) is 11.7. The molecule has 1 aliphatic rings. The number of rotatable bonds is 2. The predicted molar refractivity (Wildman–Crippen MR) is 71.6 cm³/mol. The summed E-state index contributed by atoms with van der Waals surface area (Å²) in [5.41, 5.74) is 3.15. The molecule has 0 aliphatic carbocycles. The summed E-state index contributed by atoms with van der Waals surface area (Å²) in [6.45, 7) is 8.51. The van der Waals surface area contributed by atoms with Gasteiger partial charge in [-0.25, -0.2) is 4.98 Å². The van der Waals surface area contributed by atoms with Crippen LogP contribution in [0.1, 0.15) is 24.4 Å². The van der Waals surface area contributed by atoms with Gasteiger partial charge in [0, 0.05) is 39.1 Å². The van der Waals surface area contributed by atoms with E-state index in [-0.39, 0.29) is 0 Å². The summed E-state index contributed by atoms with van der Waals surface area (Å²) in [6.07, 6.45) is 0. The first-order valence-electron chi connectivity index (χ1n) is 6.56. The van der Waals surface area contributed by atoms with Gasteiger partial charge in [-0.2, -0.15) is 0 Å². The van der Waals surface area contributed by atoms with Crippen molar-refractivity contribution in [2.24, 2.45) is 0 Å². The maximum Gasteiger partial charge on any atom is 0.192 e. The number of fused-ring (bicyclic) bond motifs is 1. The Morgan fingerprint density at radius 1 is 1.33 bits per heavy atom. The maximum absolute atomic E-state index is 5.60. The molecule has 0 amide bonds. The van der Waals surface area contributed by atoms with E-state index < -0.39 is 0 Å². The molecule has 18 heavy (non-hydrogen) atoms. The number of nitrogens with zero attached hydrogens (tertiary/aromatic N) is 2. The Bertz CT molecular complexity index is 543. The fraction of sp³-hybridized carbons (Fsp3) is 0.500. The van der Waals surface area contributed by atoms with Crippen LogP contribution in [0.5, 0.6) is 0 Å². The zero-order valence-electron chi connectivity index (χ0n) is 10.9. The monoisotopic (exact) mass is 245 g/mol. The Kier molecular flexibility index (Phi) is 3.06. The predicted octanol–water partition coefficient (Wildman–Crippen LogP) is 2.10. The number of aryl methyl sites for hydroxylation is 1. The second-order valence-corrected chi connectivity index (χ2v) is 4.92. The van der Waals surface area contributed by atoms with Gasteiger partial charge in [-0.3, -0.25) is 4.90 Å². The van der Waals surface area contributed by atoms with E-state index in [1.165, 1.54) is 5.56 Å². The lowest BCUT2D eigenvalue weighted by molar-refractivity contribution is 0.185. The van der Waals surface area contributed by atoms with Gasteiger partial charge in [-0.15, -0.1) is 0 Å². The van der Waals surface area contributed by atoms with Crippen molar-refractivity contribution in [3.05, 3.63) is 29.7 Å². The number of hydrogen-bond donors (Lipinski definition) is 1. The van der Waals surface area contributed by atoms with Crippen molar-refractivity contribution in [2.45, 2.75) is 19.9 Å². The van der Waals surface area contributed by atoms with Gasteiger partial charge in [-0.05, 0) is 24.6 Å². The lowest BCUT2D eigenvalue weighted by atomic mass is 10.1. The van der Waals surface area contributed by atoms with Gasteiger partial charge < -0.3 is 9.73 Å². The summed E-state index contributed by atoms with van der Waals surface area (Å²) < 4.78 is 5.60. The van der Waals surface area contributed by atoms with E-state index in [4.69, 9.17) is 4.42 Å². The van der Waals surface area contributed by atoms with Crippen LogP contribution in [0.15, 0.2) is 22.6 Å². The van der Waals surface area contributed by atoms with Crippen molar-refractivity contribution in [2.75, 3.05) is 26.2 Å². The Morgan fingerprint density at radius 2 is 2.11 bits per heavy atom. The minimum Gasteiger partial charge on any atom is -0.441 e. The van der Waals surface area contributed by atoms with Crippen LogP contribution in [-0.2, 0) is 0 Å². The molecule has 1 N–H and O–H groups in total. The Labute approximate surface area is 107 Å². The molecule has 0 saturated carbocycles. The maximum atomic E-state index is 5.60. The minimum atomic E-state index is 0.432. The summed E-state index contributed by atoms with van der Waals surface area (Å²) in [4.78, 5) is 6.84. The largest absolute Gasteiger partial charge is 0.441 e. The molecule has 1 aliphatic heterocycles. The zero-order valence-corrected chi connectivity index (χ0v) is 10.9. The van der Waals surface area contributed by atoms with Crippen LogP contribution in [0.3, 0.4) is 0 Å². The van der Waals surface area contributed by atoms with E-state index in [2.05, 4.69) is 40.3 Å².